The lowest BCUT2D eigenvalue weighted by Gasteiger charge is -2.10. The highest BCUT2D eigenvalue weighted by Gasteiger charge is 2.13. The Bertz CT molecular complexity index is 792. The van der Waals surface area contributed by atoms with Crippen molar-refractivity contribution < 1.29 is 0 Å². The first-order valence-electron chi connectivity index (χ1n) is 6.56. The van der Waals surface area contributed by atoms with E-state index in [0.29, 0.717) is 5.15 Å². The number of hydrogen-bond donors (Lipinski definition) is 0. The van der Waals surface area contributed by atoms with E-state index >= 15 is 0 Å². The number of imidazole rings is 1. The molecule has 0 aliphatic rings. The van der Waals surface area contributed by atoms with Gasteiger partial charge in [0.05, 0.1) is 11.0 Å². The summed E-state index contributed by atoms with van der Waals surface area (Å²) in [4.78, 5) is 12.9. The molecular weight excluding hydrogens is 272 g/mol. The van der Waals surface area contributed by atoms with Crippen molar-refractivity contribution in [1.29, 1.82) is 0 Å². The summed E-state index contributed by atoms with van der Waals surface area (Å²) in [6.45, 7) is 6.23. The molecule has 0 amide bonds. The predicted molar refractivity (Wildman–Crippen MR) is 80.5 cm³/mol. The van der Waals surface area contributed by atoms with Gasteiger partial charge >= 0.3 is 0 Å². The van der Waals surface area contributed by atoms with Crippen molar-refractivity contribution in [2.24, 2.45) is 0 Å². The molecular formula is C15H15ClN4. The molecule has 0 atom stereocenters. The summed E-state index contributed by atoms with van der Waals surface area (Å²) < 4.78 is 1.98. The van der Waals surface area contributed by atoms with E-state index in [4.69, 9.17) is 11.6 Å². The largest absolute Gasteiger partial charge is 0.283 e. The van der Waals surface area contributed by atoms with Crippen LogP contribution in [0.5, 0.6) is 0 Å². The van der Waals surface area contributed by atoms with Gasteiger partial charge in [-0.05, 0) is 43.5 Å². The van der Waals surface area contributed by atoms with Gasteiger partial charge in [0.1, 0.15) is 23.6 Å². The van der Waals surface area contributed by atoms with Gasteiger partial charge in [-0.1, -0.05) is 18.5 Å². The Balaban J connectivity index is 2.30. The Morgan fingerprint density at radius 3 is 2.60 bits per heavy atom. The van der Waals surface area contributed by atoms with Crippen LogP contribution in [-0.4, -0.2) is 19.5 Å². The number of aryl methyl sites for hydroxylation is 2. The molecule has 2 heterocycles. The van der Waals surface area contributed by atoms with Crippen LogP contribution in [-0.2, 0) is 6.42 Å². The van der Waals surface area contributed by atoms with E-state index < -0.39 is 0 Å². The van der Waals surface area contributed by atoms with E-state index in [9.17, 15) is 0 Å². The van der Waals surface area contributed by atoms with Crippen molar-refractivity contribution in [3.05, 3.63) is 46.6 Å². The third-order valence-corrected chi connectivity index (χ3v) is 3.94. The maximum absolute atomic E-state index is 6.17. The Kier molecular flexibility index (Phi) is 3.18. The molecule has 102 valence electrons. The fourth-order valence-electron chi connectivity index (χ4n) is 2.33. The summed E-state index contributed by atoms with van der Waals surface area (Å²) in [7, 11) is 0. The first-order valence-corrected chi connectivity index (χ1v) is 6.93. The molecule has 0 aliphatic heterocycles. The number of hydrogen-bond acceptors (Lipinski definition) is 3. The quantitative estimate of drug-likeness (QED) is 0.676. The van der Waals surface area contributed by atoms with Crippen LogP contribution in [0.4, 0.5) is 0 Å². The zero-order chi connectivity index (χ0) is 14.3. The molecule has 0 spiro atoms. The second-order valence-electron chi connectivity index (χ2n) is 4.86. The van der Waals surface area contributed by atoms with Crippen LogP contribution in [0.25, 0.3) is 16.9 Å². The van der Waals surface area contributed by atoms with Crippen LogP contribution in [0.15, 0.2) is 24.8 Å². The lowest BCUT2D eigenvalue weighted by molar-refractivity contribution is 0.938. The van der Waals surface area contributed by atoms with Crippen molar-refractivity contribution in [3.63, 3.8) is 0 Å². The molecule has 0 unspecified atom stereocenters. The third-order valence-electron chi connectivity index (χ3n) is 3.61. The van der Waals surface area contributed by atoms with Gasteiger partial charge in [0.2, 0.25) is 0 Å². The highest BCUT2D eigenvalue weighted by molar-refractivity contribution is 6.30. The van der Waals surface area contributed by atoms with Gasteiger partial charge in [-0.3, -0.25) is 4.57 Å². The SMILES string of the molecule is CCc1c(Cl)ncnc1-n1cnc2cc(C)c(C)cc21. The third kappa shape index (κ3) is 1.96. The van der Waals surface area contributed by atoms with Crippen molar-refractivity contribution >= 4 is 22.6 Å². The predicted octanol–water partition coefficient (Wildman–Crippen LogP) is 3.65. The highest BCUT2D eigenvalue weighted by atomic mass is 35.5. The minimum absolute atomic E-state index is 0.503. The highest BCUT2D eigenvalue weighted by Crippen LogP contribution is 2.25. The molecule has 3 rings (SSSR count). The Hall–Kier alpha value is -1.94. The topological polar surface area (TPSA) is 43.6 Å². The van der Waals surface area contributed by atoms with Crippen LogP contribution in [0.2, 0.25) is 5.15 Å². The molecule has 20 heavy (non-hydrogen) atoms. The maximum Gasteiger partial charge on any atom is 0.146 e. The normalized spacial score (nSPS) is 11.2. The Morgan fingerprint density at radius 1 is 1.10 bits per heavy atom. The summed E-state index contributed by atoms with van der Waals surface area (Å²) >= 11 is 6.17. The standard InChI is InChI=1S/C15H15ClN4/c1-4-11-14(16)17-7-18-15(11)20-8-19-12-5-9(2)10(3)6-13(12)20/h5-8H,4H2,1-3H3. The van der Waals surface area contributed by atoms with Gasteiger partial charge in [0, 0.05) is 5.56 Å². The Morgan fingerprint density at radius 2 is 1.85 bits per heavy atom. The number of fused-ring (bicyclic) bond motifs is 1. The summed E-state index contributed by atoms with van der Waals surface area (Å²) in [5, 5.41) is 0.503. The summed E-state index contributed by atoms with van der Waals surface area (Å²) in [5.74, 6) is 0.804. The molecule has 1 aromatic carbocycles. The maximum atomic E-state index is 6.17. The van der Waals surface area contributed by atoms with Crippen molar-refractivity contribution in [3.8, 4) is 5.82 Å². The van der Waals surface area contributed by atoms with Crippen LogP contribution >= 0.6 is 11.6 Å². The minimum Gasteiger partial charge on any atom is -0.283 e. The monoisotopic (exact) mass is 286 g/mol. The molecule has 0 N–H and O–H groups in total. The molecule has 0 radical (unpaired) electrons. The number of rotatable bonds is 2. The van der Waals surface area contributed by atoms with Gasteiger partial charge in [0.25, 0.3) is 0 Å². The van der Waals surface area contributed by atoms with E-state index in [1.165, 1.54) is 17.5 Å². The van der Waals surface area contributed by atoms with Crippen LogP contribution in [0.1, 0.15) is 23.6 Å². The molecule has 2 aromatic heterocycles. The number of aromatic nitrogens is 4. The zero-order valence-corrected chi connectivity index (χ0v) is 12.4. The average molecular weight is 287 g/mol. The molecule has 5 heteroatoms. The second kappa shape index (κ2) is 4.87. The van der Waals surface area contributed by atoms with Crippen LogP contribution in [0.3, 0.4) is 0 Å². The zero-order valence-electron chi connectivity index (χ0n) is 11.7. The first kappa shape index (κ1) is 13.1. The molecule has 0 saturated heterocycles. The van der Waals surface area contributed by atoms with Crippen LogP contribution < -0.4 is 0 Å². The molecule has 4 nitrogen and oxygen atoms in total. The lowest BCUT2D eigenvalue weighted by atomic mass is 10.1. The summed E-state index contributed by atoms with van der Waals surface area (Å²) in [5.41, 5.74) is 5.41. The molecule has 0 fully saturated rings. The van der Waals surface area contributed by atoms with Crippen LogP contribution in [0, 0.1) is 13.8 Å². The molecule has 0 saturated carbocycles. The van der Waals surface area contributed by atoms with Crippen molar-refractivity contribution in [2.45, 2.75) is 27.2 Å². The van der Waals surface area contributed by atoms with Gasteiger partial charge in [-0.15, -0.1) is 0 Å². The smallest absolute Gasteiger partial charge is 0.146 e. The second-order valence-corrected chi connectivity index (χ2v) is 5.22. The minimum atomic E-state index is 0.503. The van der Waals surface area contributed by atoms with Gasteiger partial charge in [0.15, 0.2) is 0 Å². The van der Waals surface area contributed by atoms with E-state index in [1.807, 2.05) is 11.5 Å². The van der Waals surface area contributed by atoms with E-state index in [2.05, 4.69) is 40.9 Å². The lowest BCUT2D eigenvalue weighted by Crippen LogP contribution is -2.03. The van der Waals surface area contributed by atoms with E-state index in [-0.39, 0.29) is 0 Å². The summed E-state index contributed by atoms with van der Waals surface area (Å²) in [6.07, 6.45) is 4.06. The number of halogens is 1. The number of nitrogens with zero attached hydrogens (tertiary/aromatic N) is 4. The van der Waals surface area contributed by atoms with Crippen molar-refractivity contribution in [2.75, 3.05) is 0 Å². The first-order chi connectivity index (χ1) is 9.61. The van der Waals surface area contributed by atoms with Crippen molar-refractivity contribution in [1.82, 2.24) is 19.5 Å². The van der Waals surface area contributed by atoms with Gasteiger partial charge < -0.3 is 0 Å². The Labute approximate surface area is 122 Å². The fourth-order valence-corrected chi connectivity index (χ4v) is 2.59. The molecule has 0 bridgehead atoms. The molecule has 0 aliphatic carbocycles. The fraction of sp³-hybridized carbons (Fsp3) is 0.267. The van der Waals surface area contributed by atoms with E-state index in [1.54, 1.807) is 6.33 Å². The average Bonchev–Trinajstić information content (AvgIpc) is 2.81. The summed E-state index contributed by atoms with van der Waals surface area (Å²) in [6, 6.07) is 4.22. The van der Waals surface area contributed by atoms with Gasteiger partial charge in [-0.2, -0.15) is 0 Å². The van der Waals surface area contributed by atoms with E-state index in [0.717, 1.165) is 28.8 Å². The number of benzene rings is 1. The van der Waals surface area contributed by atoms with Gasteiger partial charge in [-0.25, -0.2) is 15.0 Å². The molecule has 3 aromatic rings.